The van der Waals surface area contributed by atoms with Crippen molar-refractivity contribution in [1.29, 1.82) is 0 Å². The number of amides is 3. The van der Waals surface area contributed by atoms with Crippen LogP contribution in [0.5, 0.6) is 5.88 Å². The first-order chi connectivity index (χ1) is 16.3. The van der Waals surface area contributed by atoms with Gasteiger partial charge in [0.15, 0.2) is 0 Å². The average Bonchev–Trinajstić information content (AvgIpc) is 3.37. The first-order valence-corrected chi connectivity index (χ1v) is 12.3. The molecule has 0 radical (unpaired) electrons. The van der Waals surface area contributed by atoms with E-state index in [0.29, 0.717) is 45.2 Å². The van der Waals surface area contributed by atoms with Gasteiger partial charge in [-0.3, -0.25) is 9.69 Å². The predicted molar refractivity (Wildman–Crippen MR) is 133 cm³/mol. The Kier molecular flexibility index (Phi) is 5.86. The van der Waals surface area contributed by atoms with Crippen molar-refractivity contribution in [1.82, 2.24) is 15.3 Å². The van der Waals surface area contributed by atoms with Gasteiger partial charge >= 0.3 is 6.03 Å². The molecule has 34 heavy (non-hydrogen) atoms. The number of hydrogen-bond donors (Lipinski definition) is 3. The van der Waals surface area contributed by atoms with Crippen LogP contribution in [0.1, 0.15) is 48.3 Å². The fourth-order valence-electron chi connectivity index (χ4n) is 4.47. The van der Waals surface area contributed by atoms with Gasteiger partial charge in [0.1, 0.15) is 9.71 Å². The molecule has 4 heterocycles. The average molecular weight is 481 g/mol. The zero-order chi connectivity index (χ0) is 24.0. The number of pyridine rings is 2. The summed E-state index contributed by atoms with van der Waals surface area (Å²) in [5, 5.41) is 6.75. The number of urea groups is 1. The van der Waals surface area contributed by atoms with Gasteiger partial charge in [-0.05, 0) is 43.7 Å². The molecule has 2 aliphatic rings. The van der Waals surface area contributed by atoms with Crippen LogP contribution in [-0.2, 0) is 0 Å². The molecule has 9 nitrogen and oxygen atoms in total. The molecule has 3 aromatic heterocycles. The van der Waals surface area contributed by atoms with Gasteiger partial charge in [-0.1, -0.05) is 13.8 Å². The molecule has 0 saturated heterocycles. The predicted octanol–water partition coefficient (Wildman–Crippen LogP) is 4.33. The molecule has 0 aromatic carbocycles. The molecular weight excluding hydrogens is 452 g/mol. The Labute approximate surface area is 201 Å². The maximum atomic E-state index is 13.3. The van der Waals surface area contributed by atoms with E-state index in [4.69, 9.17) is 10.5 Å². The number of anilines is 3. The van der Waals surface area contributed by atoms with Crippen LogP contribution in [0, 0.1) is 12.8 Å². The van der Waals surface area contributed by atoms with Crippen LogP contribution in [0.4, 0.5) is 21.9 Å². The van der Waals surface area contributed by atoms with Crippen molar-refractivity contribution < 1.29 is 14.3 Å². The van der Waals surface area contributed by atoms with E-state index in [2.05, 4.69) is 34.4 Å². The van der Waals surface area contributed by atoms with Gasteiger partial charge in [-0.15, -0.1) is 11.3 Å². The number of thiophene rings is 1. The molecule has 3 amide bonds. The second kappa shape index (κ2) is 8.84. The first-order valence-electron chi connectivity index (χ1n) is 11.5. The Morgan fingerprint density at radius 3 is 2.88 bits per heavy atom. The monoisotopic (exact) mass is 480 g/mol. The minimum absolute atomic E-state index is 0.0493. The maximum Gasteiger partial charge on any atom is 0.331 e. The van der Waals surface area contributed by atoms with E-state index in [9.17, 15) is 9.59 Å². The topological polar surface area (TPSA) is 122 Å². The highest BCUT2D eigenvalue weighted by Crippen LogP contribution is 2.46. The SMILES string of the molecule is Cc1cc(OCC(C)C)ncc1N1C(=O)Nc2c(C(=O)N[C@@H]3CC[C@H](N)C3)sc3nccc1c23. The number of hydrogen-bond acceptors (Lipinski definition) is 7. The Morgan fingerprint density at radius 2 is 2.18 bits per heavy atom. The number of aryl methyl sites for hydroxylation is 1. The van der Waals surface area contributed by atoms with Gasteiger partial charge in [0.05, 0.1) is 35.3 Å². The van der Waals surface area contributed by atoms with Crippen molar-refractivity contribution in [3.8, 4) is 5.88 Å². The lowest BCUT2D eigenvalue weighted by atomic mass is 10.1. The molecule has 2 atom stereocenters. The molecule has 1 aliphatic heterocycles. The minimum Gasteiger partial charge on any atom is -0.477 e. The Balaban J connectivity index is 1.49. The van der Waals surface area contributed by atoms with Crippen LogP contribution < -0.4 is 26.0 Å². The van der Waals surface area contributed by atoms with Crippen molar-refractivity contribution in [2.75, 3.05) is 16.8 Å². The quantitative estimate of drug-likeness (QED) is 0.483. The van der Waals surface area contributed by atoms with Crippen LogP contribution in [0.15, 0.2) is 24.5 Å². The Bertz CT molecular complexity index is 1270. The molecule has 1 aliphatic carbocycles. The number of nitrogens with one attached hydrogen (secondary N) is 2. The van der Waals surface area contributed by atoms with Crippen molar-refractivity contribution in [2.45, 2.75) is 52.1 Å². The van der Waals surface area contributed by atoms with Crippen LogP contribution in [-0.4, -0.2) is 40.6 Å². The van der Waals surface area contributed by atoms with Gasteiger partial charge in [-0.25, -0.2) is 14.8 Å². The van der Waals surface area contributed by atoms with Gasteiger partial charge < -0.3 is 21.1 Å². The Morgan fingerprint density at radius 1 is 1.35 bits per heavy atom. The number of carbonyl (C=O) groups is 2. The highest BCUT2D eigenvalue weighted by atomic mass is 32.1. The summed E-state index contributed by atoms with van der Waals surface area (Å²) in [5.74, 6) is 0.698. The fourth-order valence-corrected chi connectivity index (χ4v) is 5.49. The van der Waals surface area contributed by atoms with E-state index >= 15 is 0 Å². The molecule has 178 valence electrons. The summed E-state index contributed by atoms with van der Waals surface area (Å²) >= 11 is 1.28. The van der Waals surface area contributed by atoms with E-state index in [1.165, 1.54) is 11.3 Å². The molecule has 10 heteroatoms. The minimum atomic E-state index is -0.351. The third kappa shape index (κ3) is 4.07. The summed E-state index contributed by atoms with van der Waals surface area (Å²) in [6.07, 6.45) is 5.82. The van der Waals surface area contributed by atoms with Crippen LogP contribution in [0.3, 0.4) is 0 Å². The number of ether oxygens (including phenoxy) is 1. The zero-order valence-electron chi connectivity index (χ0n) is 19.4. The molecule has 0 unspecified atom stereocenters. The lowest BCUT2D eigenvalue weighted by Gasteiger charge is -2.29. The molecule has 0 bridgehead atoms. The number of nitrogens with two attached hydrogens (primary N) is 1. The summed E-state index contributed by atoms with van der Waals surface area (Å²) in [4.78, 5) is 38.0. The summed E-state index contributed by atoms with van der Waals surface area (Å²) in [5.41, 5.74) is 8.66. The van der Waals surface area contributed by atoms with Crippen LogP contribution in [0.2, 0.25) is 0 Å². The van der Waals surface area contributed by atoms with E-state index in [0.717, 1.165) is 30.2 Å². The number of rotatable bonds is 6. The van der Waals surface area contributed by atoms with E-state index in [1.807, 2.05) is 13.0 Å². The fraction of sp³-hybridized carbons (Fsp3) is 0.417. The third-order valence-corrected chi connectivity index (χ3v) is 7.22. The normalized spacial score (nSPS) is 19.6. The lowest BCUT2D eigenvalue weighted by Crippen LogP contribution is -2.36. The summed E-state index contributed by atoms with van der Waals surface area (Å²) < 4.78 is 5.73. The van der Waals surface area contributed by atoms with Crippen molar-refractivity contribution in [3.05, 3.63) is 35.0 Å². The second-order valence-electron chi connectivity index (χ2n) is 9.34. The standard InChI is InChI=1S/C24H28N6O3S/c1-12(2)11-33-18-8-13(3)17(10-27-18)30-16-6-7-26-23-19(16)20(29-24(30)32)21(34-23)22(31)28-15-5-4-14(25)9-15/h6-8,10,12,14-15H,4-5,9,11,25H2,1-3H3,(H,28,31)(H,29,32)/t14-,15+/m0/s1. The molecular formula is C24H28N6O3S. The summed E-state index contributed by atoms with van der Waals surface area (Å²) in [6.45, 7) is 6.63. The molecule has 3 aromatic rings. The van der Waals surface area contributed by atoms with Crippen molar-refractivity contribution >= 4 is 50.6 Å². The number of carbonyl (C=O) groups excluding carboxylic acids is 2. The molecule has 4 N–H and O–H groups in total. The number of nitrogens with zero attached hydrogens (tertiary/aromatic N) is 3. The summed E-state index contributed by atoms with van der Waals surface area (Å²) in [6, 6.07) is 3.44. The highest BCUT2D eigenvalue weighted by molar-refractivity contribution is 7.21. The van der Waals surface area contributed by atoms with E-state index in [1.54, 1.807) is 23.4 Å². The Hall–Kier alpha value is -3.24. The van der Waals surface area contributed by atoms with Gasteiger partial charge in [0.25, 0.3) is 5.91 Å². The van der Waals surface area contributed by atoms with E-state index < -0.39 is 0 Å². The first kappa shape index (κ1) is 22.5. The maximum absolute atomic E-state index is 13.3. The smallest absolute Gasteiger partial charge is 0.331 e. The van der Waals surface area contributed by atoms with Gasteiger partial charge in [-0.2, -0.15) is 0 Å². The van der Waals surface area contributed by atoms with Crippen molar-refractivity contribution in [2.24, 2.45) is 11.7 Å². The molecule has 1 fully saturated rings. The van der Waals surface area contributed by atoms with Crippen LogP contribution >= 0.6 is 11.3 Å². The van der Waals surface area contributed by atoms with Crippen molar-refractivity contribution in [3.63, 3.8) is 0 Å². The van der Waals surface area contributed by atoms with Gasteiger partial charge in [0.2, 0.25) is 5.88 Å². The highest BCUT2D eigenvalue weighted by Gasteiger charge is 2.34. The summed E-state index contributed by atoms with van der Waals surface area (Å²) in [7, 11) is 0. The number of aromatic nitrogens is 2. The third-order valence-electron chi connectivity index (χ3n) is 6.12. The largest absolute Gasteiger partial charge is 0.477 e. The molecule has 5 rings (SSSR count). The lowest BCUT2D eigenvalue weighted by molar-refractivity contribution is 0.0942. The zero-order valence-corrected chi connectivity index (χ0v) is 20.2. The second-order valence-corrected chi connectivity index (χ2v) is 10.3. The van der Waals surface area contributed by atoms with Crippen LogP contribution in [0.25, 0.3) is 10.2 Å². The van der Waals surface area contributed by atoms with Gasteiger partial charge in [0, 0.05) is 24.3 Å². The molecule has 0 spiro atoms. The molecule has 1 saturated carbocycles. The van der Waals surface area contributed by atoms with E-state index in [-0.39, 0.29) is 24.0 Å².